The highest BCUT2D eigenvalue weighted by molar-refractivity contribution is 5.97. The quantitative estimate of drug-likeness (QED) is 0.812. The first-order valence-electron chi connectivity index (χ1n) is 6.94. The van der Waals surface area contributed by atoms with Gasteiger partial charge in [0.2, 0.25) is 0 Å². The van der Waals surface area contributed by atoms with Crippen molar-refractivity contribution in [2.24, 2.45) is 0 Å². The van der Waals surface area contributed by atoms with Crippen molar-refractivity contribution in [2.45, 2.75) is 30.8 Å². The number of H-pyrrole nitrogens is 1. The fraction of sp³-hybridized carbons (Fsp3) is 0.333. The minimum Gasteiger partial charge on any atom is -0.383 e. The van der Waals surface area contributed by atoms with E-state index in [0.717, 1.165) is 11.3 Å². The number of nitrogens with one attached hydrogen (secondary N) is 2. The first kappa shape index (κ1) is 14.6. The van der Waals surface area contributed by atoms with Crippen LogP contribution in [0.15, 0.2) is 36.5 Å². The van der Waals surface area contributed by atoms with Gasteiger partial charge in [0.15, 0.2) is 0 Å². The molecule has 0 unspecified atom stereocenters. The van der Waals surface area contributed by atoms with E-state index in [2.05, 4.69) is 15.5 Å². The summed E-state index contributed by atoms with van der Waals surface area (Å²) in [5.74, 6) is -5.28. The number of carbonyl (C=O) groups excluding carboxylic acids is 1. The zero-order valence-corrected chi connectivity index (χ0v) is 11.6. The van der Waals surface area contributed by atoms with E-state index in [1.165, 1.54) is 12.1 Å². The number of halogens is 2. The van der Waals surface area contributed by atoms with Gasteiger partial charge in [0.05, 0.1) is 5.69 Å². The molecule has 0 spiro atoms. The van der Waals surface area contributed by atoms with Crippen LogP contribution in [0, 0.1) is 0 Å². The molecule has 1 saturated carbocycles. The molecule has 1 heterocycles. The Morgan fingerprint density at radius 1 is 1.27 bits per heavy atom. The number of rotatable bonds is 4. The Kier molecular flexibility index (Phi) is 3.44. The number of aliphatic hydroxyl groups is 1. The van der Waals surface area contributed by atoms with Gasteiger partial charge in [0, 0.05) is 11.9 Å². The predicted octanol–water partition coefficient (Wildman–Crippen LogP) is 2.57. The van der Waals surface area contributed by atoms with Gasteiger partial charge in [-0.15, -0.1) is 0 Å². The Morgan fingerprint density at radius 3 is 2.45 bits per heavy atom. The van der Waals surface area contributed by atoms with Crippen LogP contribution in [0.5, 0.6) is 0 Å². The summed E-state index contributed by atoms with van der Waals surface area (Å²) < 4.78 is 27.9. The number of amides is 1. The first-order valence-corrected chi connectivity index (χ1v) is 6.94. The zero-order valence-electron chi connectivity index (χ0n) is 11.6. The molecule has 3 N–H and O–H groups in total. The van der Waals surface area contributed by atoms with Gasteiger partial charge >= 0.3 is 5.92 Å². The minimum atomic E-state index is -3.80. The molecule has 7 heteroatoms. The number of aromatic nitrogens is 2. The summed E-state index contributed by atoms with van der Waals surface area (Å²) in [7, 11) is 0. The summed E-state index contributed by atoms with van der Waals surface area (Å²) in [6.07, 6.45) is 1.97. The van der Waals surface area contributed by atoms with Crippen molar-refractivity contribution in [3.05, 3.63) is 36.5 Å². The molecule has 2 aromatic rings. The van der Waals surface area contributed by atoms with Crippen molar-refractivity contribution in [2.75, 3.05) is 5.32 Å². The molecule has 116 valence electrons. The third-order valence-electron chi connectivity index (χ3n) is 4.00. The van der Waals surface area contributed by atoms with Crippen LogP contribution in [0.3, 0.4) is 0 Å². The van der Waals surface area contributed by atoms with E-state index >= 15 is 0 Å². The van der Waals surface area contributed by atoms with Gasteiger partial charge in [-0.3, -0.25) is 9.89 Å². The van der Waals surface area contributed by atoms with Crippen molar-refractivity contribution in [3.63, 3.8) is 0 Å². The normalized spacial score (nSPS) is 16.9. The lowest BCUT2D eigenvalue weighted by molar-refractivity contribution is -0.212. The molecule has 0 bridgehead atoms. The standard InChI is InChI=1S/C15H15F2N3O2/c16-15(17,14(22)7-1-8-14)13(21)19-11-4-2-10(3-5-11)12-6-9-18-20-12/h2-6,9,22H,1,7-8H2,(H,18,20)(H,19,21). The Labute approximate surface area is 125 Å². The van der Waals surface area contributed by atoms with Crippen LogP contribution in [0.4, 0.5) is 14.5 Å². The third-order valence-corrected chi connectivity index (χ3v) is 4.00. The number of hydrogen-bond acceptors (Lipinski definition) is 3. The second-order valence-electron chi connectivity index (χ2n) is 5.46. The molecule has 1 aromatic carbocycles. The van der Waals surface area contributed by atoms with E-state index < -0.39 is 17.4 Å². The molecule has 1 fully saturated rings. The SMILES string of the molecule is O=C(Nc1ccc(-c2ccn[nH]2)cc1)C(F)(F)C1(O)CCC1. The summed E-state index contributed by atoms with van der Waals surface area (Å²) in [5, 5.41) is 18.5. The molecule has 22 heavy (non-hydrogen) atoms. The zero-order chi connectivity index (χ0) is 15.8. The highest BCUT2D eigenvalue weighted by Gasteiger charge is 2.61. The second-order valence-corrected chi connectivity index (χ2v) is 5.46. The van der Waals surface area contributed by atoms with Gasteiger partial charge < -0.3 is 10.4 Å². The van der Waals surface area contributed by atoms with Crippen LogP contribution in [0.25, 0.3) is 11.3 Å². The van der Waals surface area contributed by atoms with Crippen molar-refractivity contribution < 1.29 is 18.7 Å². The van der Waals surface area contributed by atoms with Crippen LogP contribution in [0.2, 0.25) is 0 Å². The van der Waals surface area contributed by atoms with E-state index in [-0.39, 0.29) is 18.5 Å². The number of alkyl halides is 2. The number of anilines is 1. The van der Waals surface area contributed by atoms with Crippen LogP contribution >= 0.6 is 0 Å². The molecule has 0 saturated heterocycles. The molecule has 1 aliphatic rings. The van der Waals surface area contributed by atoms with Gasteiger partial charge in [-0.05, 0) is 43.0 Å². The lowest BCUT2D eigenvalue weighted by Crippen LogP contribution is -2.59. The average Bonchev–Trinajstić information content (AvgIpc) is 2.99. The Morgan fingerprint density at radius 2 is 1.95 bits per heavy atom. The van der Waals surface area contributed by atoms with Gasteiger partial charge in [-0.2, -0.15) is 13.9 Å². The number of carbonyl (C=O) groups is 1. The minimum absolute atomic E-state index is 0.0633. The number of hydrogen-bond donors (Lipinski definition) is 3. The Bertz CT molecular complexity index is 665. The van der Waals surface area contributed by atoms with Crippen LogP contribution in [-0.2, 0) is 4.79 Å². The predicted molar refractivity (Wildman–Crippen MR) is 76.4 cm³/mol. The lowest BCUT2D eigenvalue weighted by Gasteiger charge is -2.41. The van der Waals surface area contributed by atoms with Gasteiger partial charge in [-0.1, -0.05) is 12.1 Å². The molecular weight excluding hydrogens is 292 g/mol. The average molecular weight is 307 g/mol. The molecule has 5 nitrogen and oxygen atoms in total. The Hall–Kier alpha value is -2.28. The summed E-state index contributed by atoms with van der Waals surface area (Å²) in [5.41, 5.74) is -0.366. The van der Waals surface area contributed by atoms with Crippen molar-refractivity contribution in [3.8, 4) is 11.3 Å². The van der Waals surface area contributed by atoms with Crippen molar-refractivity contribution in [1.29, 1.82) is 0 Å². The largest absolute Gasteiger partial charge is 0.383 e. The fourth-order valence-electron chi connectivity index (χ4n) is 2.40. The van der Waals surface area contributed by atoms with Crippen LogP contribution in [0.1, 0.15) is 19.3 Å². The maximum Gasteiger partial charge on any atom is 0.352 e. The fourth-order valence-corrected chi connectivity index (χ4v) is 2.40. The topological polar surface area (TPSA) is 78.0 Å². The van der Waals surface area contributed by atoms with E-state index in [4.69, 9.17) is 0 Å². The van der Waals surface area contributed by atoms with Gasteiger partial charge in [-0.25, -0.2) is 0 Å². The van der Waals surface area contributed by atoms with Crippen molar-refractivity contribution >= 4 is 11.6 Å². The molecule has 1 aromatic heterocycles. The maximum absolute atomic E-state index is 14.0. The molecular formula is C15H15F2N3O2. The molecule has 1 aliphatic carbocycles. The monoisotopic (exact) mass is 307 g/mol. The summed E-state index contributed by atoms with van der Waals surface area (Å²) in [6.45, 7) is 0. The Balaban J connectivity index is 1.72. The smallest absolute Gasteiger partial charge is 0.352 e. The van der Waals surface area contributed by atoms with Gasteiger partial charge in [0.1, 0.15) is 5.60 Å². The summed E-state index contributed by atoms with van der Waals surface area (Å²) in [4.78, 5) is 11.7. The summed E-state index contributed by atoms with van der Waals surface area (Å²) >= 11 is 0. The molecule has 3 rings (SSSR count). The van der Waals surface area contributed by atoms with E-state index in [1.54, 1.807) is 24.4 Å². The van der Waals surface area contributed by atoms with Crippen LogP contribution in [-0.4, -0.2) is 32.7 Å². The molecule has 1 amide bonds. The number of benzene rings is 1. The first-order chi connectivity index (χ1) is 10.4. The van der Waals surface area contributed by atoms with Gasteiger partial charge in [0.25, 0.3) is 5.91 Å². The highest BCUT2D eigenvalue weighted by Crippen LogP contribution is 2.44. The molecule has 0 aliphatic heterocycles. The third kappa shape index (κ3) is 2.37. The number of nitrogens with zero attached hydrogens (tertiary/aromatic N) is 1. The second kappa shape index (κ2) is 5.17. The van der Waals surface area contributed by atoms with E-state index in [1.807, 2.05) is 0 Å². The summed E-state index contributed by atoms with van der Waals surface area (Å²) in [6, 6.07) is 8.18. The van der Waals surface area contributed by atoms with E-state index in [9.17, 15) is 18.7 Å². The number of aromatic amines is 1. The lowest BCUT2D eigenvalue weighted by atomic mass is 9.75. The molecule has 0 atom stereocenters. The van der Waals surface area contributed by atoms with Crippen molar-refractivity contribution in [1.82, 2.24) is 10.2 Å². The molecule has 0 radical (unpaired) electrons. The highest BCUT2D eigenvalue weighted by atomic mass is 19.3. The maximum atomic E-state index is 14.0. The van der Waals surface area contributed by atoms with Crippen LogP contribution < -0.4 is 5.32 Å². The van der Waals surface area contributed by atoms with E-state index in [0.29, 0.717) is 6.42 Å².